The van der Waals surface area contributed by atoms with Crippen molar-refractivity contribution in [2.45, 2.75) is 30.9 Å². The Hall–Kier alpha value is -2.04. The van der Waals surface area contributed by atoms with E-state index in [1.807, 2.05) is 0 Å². The zero-order valence-corrected chi connectivity index (χ0v) is 13.6. The molecule has 0 aromatic heterocycles. The topological polar surface area (TPSA) is 52.9 Å². The third-order valence-corrected chi connectivity index (χ3v) is 5.36. The summed E-state index contributed by atoms with van der Waals surface area (Å²) in [5.74, 6) is 1.37. The van der Waals surface area contributed by atoms with E-state index in [4.69, 9.17) is 4.74 Å². The van der Waals surface area contributed by atoms with Gasteiger partial charge in [-0.2, -0.15) is 0 Å². The molecule has 2 N–H and O–H groups in total. The summed E-state index contributed by atoms with van der Waals surface area (Å²) in [4.78, 5) is 2.35. The second-order valence-electron chi connectivity index (χ2n) is 6.77. The lowest BCUT2D eigenvalue weighted by Crippen LogP contribution is -2.48. The highest BCUT2D eigenvalue weighted by Crippen LogP contribution is 2.38. The van der Waals surface area contributed by atoms with Gasteiger partial charge in [-0.05, 0) is 49.5 Å². The van der Waals surface area contributed by atoms with Gasteiger partial charge in [0.2, 0.25) is 0 Å². The Morgan fingerprint density at radius 2 is 1.75 bits per heavy atom. The third kappa shape index (κ3) is 2.87. The van der Waals surface area contributed by atoms with E-state index < -0.39 is 6.10 Å². The molecule has 2 aromatic rings. The number of nitrogens with zero attached hydrogens (tertiary/aromatic N) is 1. The van der Waals surface area contributed by atoms with Gasteiger partial charge in [0.05, 0.1) is 6.04 Å². The number of piperidine rings is 1. The van der Waals surface area contributed by atoms with Crippen LogP contribution in [0.5, 0.6) is 11.5 Å². The van der Waals surface area contributed by atoms with Crippen LogP contribution < -0.4 is 4.74 Å². The van der Waals surface area contributed by atoms with E-state index in [9.17, 15) is 10.2 Å². The van der Waals surface area contributed by atoms with Crippen LogP contribution >= 0.6 is 0 Å². The molecule has 2 aromatic carbocycles. The Balaban J connectivity index is 1.44. The fraction of sp³-hybridized carbons (Fsp3) is 0.400. The first-order chi connectivity index (χ1) is 11.7. The summed E-state index contributed by atoms with van der Waals surface area (Å²) in [6, 6.07) is 15.6. The van der Waals surface area contributed by atoms with E-state index in [0.29, 0.717) is 18.3 Å². The average Bonchev–Trinajstić information content (AvgIpc) is 2.63. The summed E-state index contributed by atoms with van der Waals surface area (Å²) < 4.78 is 5.79. The van der Waals surface area contributed by atoms with Crippen LogP contribution in [0.15, 0.2) is 48.5 Å². The minimum Gasteiger partial charge on any atom is -0.508 e. The van der Waals surface area contributed by atoms with E-state index >= 15 is 0 Å². The number of benzene rings is 2. The highest BCUT2D eigenvalue weighted by atomic mass is 16.5. The number of aliphatic hydroxyl groups is 1. The van der Waals surface area contributed by atoms with Crippen LogP contribution in [-0.4, -0.2) is 40.9 Å². The van der Waals surface area contributed by atoms with Crippen molar-refractivity contribution < 1.29 is 14.9 Å². The molecule has 2 aliphatic rings. The second-order valence-corrected chi connectivity index (χ2v) is 6.77. The average molecular weight is 325 g/mol. The van der Waals surface area contributed by atoms with E-state index in [1.165, 1.54) is 5.56 Å². The second kappa shape index (κ2) is 6.46. The lowest BCUT2D eigenvalue weighted by atomic mass is 9.87. The normalized spacial score (nSPS) is 25.0. The van der Waals surface area contributed by atoms with Gasteiger partial charge in [0, 0.05) is 11.6 Å². The molecule has 0 bridgehead atoms. The SMILES string of the molecule is Oc1ccc2c(c1)OC[C@H](N1CCC(c3ccccc3)CC1)[C@@H]2O. The standard InChI is InChI=1S/C20H23NO3/c22-16-6-7-17-19(12-16)24-13-18(20(17)23)21-10-8-15(9-11-21)14-4-2-1-3-5-14/h1-7,12,15,18,20,22-23H,8-11,13H2/t18-,20+/m0/s1. The molecule has 24 heavy (non-hydrogen) atoms. The third-order valence-electron chi connectivity index (χ3n) is 5.36. The Bertz CT molecular complexity index is 695. The molecular weight excluding hydrogens is 302 g/mol. The van der Waals surface area contributed by atoms with Gasteiger partial charge in [-0.25, -0.2) is 0 Å². The molecule has 4 heteroatoms. The number of hydrogen-bond acceptors (Lipinski definition) is 4. The van der Waals surface area contributed by atoms with Gasteiger partial charge in [0.15, 0.2) is 0 Å². The summed E-state index contributed by atoms with van der Waals surface area (Å²) in [6.45, 7) is 2.41. The molecule has 0 unspecified atom stereocenters. The maximum Gasteiger partial charge on any atom is 0.128 e. The van der Waals surface area contributed by atoms with Crippen molar-refractivity contribution in [3.05, 3.63) is 59.7 Å². The largest absolute Gasteiger partial charge is 0.508 e. The number of fused-ring (bicyclic) bond motifs is 1. The first-order valence-electron chi connectivity index (χ1n) is 8.65. The van der Waals surface area contributed by atoms with E-state index in [1.54, 1.807) is 18.2 Å². The molecular formula is C20H23NO3. The molecule has 0 saturated carbocycles. The highest BCUT2D eigenvalue weighted by Gasteiger charge is 2.35. The smallest absolute Gasteiger partial charge is 0.128 e. The molecule has 126 valence electrons. The molecule has 2 heterocycles. The molecule has 2 aliphatic heterocycles. The Labute approximate surface area is 142 Å². The molecule has 2 atom stereocenters. The maximum absolute atomic E-state index is 10.7. The van der Waals surface area contributed by atoms with Crippen molar-refractivity contribution in [2.24, 2.45) is 0 Å². The first kappa shape index (κ1) is 15.5. The number of phenols is 1. The number of hydrogen-bond donors (Lipinski definition) is 2. The van der Waals surface area contributed by atoms with Crippen molar-refractivity contribution in [1.82, 2.24) is 4.90 Å². The number of rotatable bonds is 2. The Kier molecular flexibility index (Phi) is 4.17. The number of ether oxygens (including phenoxy) is 1. The van der Waals surface area contributed by atoms with Crippen molar-refractivity contribution in [2.75, 3.05) is 19.7 Å². The van der Waals surface area contributed by atoms with Crippen LogP contribution in [0.25, 0.3) is 0 Å². The number of likely N-dealkylation sites (tertiary alicyclic amines) is 1. The minimum atomic E-state index is -0.567. The van der Waals surface area contributed by atoms with Crippen LogP contribution in [0.3, 0.4) is 0 Å². The van der Waals surface area contributed by atoms with Crippen molar-refractivity contribution in [3.63, 3.8) is 0 Å². The molecule has 0 aliphatic carbocycles. The van der Waals surface area contributed by atoms with E-state index in [0.717, 1.165) is 31.5 Å². The highest BCUT2D eigenvalue weighted by molar-refractivity contribution is 5.43. The van der Waals surface area contributed by atoms with Gasteiger partial charge in [0.25, 0.3) is 0 Å². The van der Waals surface area contributed by atoms with E-state index in [2.05, 4.69) is 35.2 Å². The minimum absolute atomic E-state index is 0.0150. The summed E-state index contributed by atoms with van der Waals surface area (Å²) in [5.41, 5.74) is 2.19. The summed E-state index contributed by atoms with van der Waals surface area (Å²) in [5, 5.41) is 20.3. The molecule has 0 radical (unpaired) electrons. The predicted octanol–water partition coefficient (Wildman–Crippen LogP) is 3.07. The van der Waals surface area contributed by atoms with Gasteiger partial charge in [-0.1, -0.05) is 30.3 Å². The fourth-order valence-electron chi connectivity index (χ4n) is 3.96. The fourth-order valence-corrected chi connectivity index (χ4v) is 3.96. The molecule has 1 saturated heterocycles. The van der Waals surface area contributed by atoms with Crippen LogP contribution in [0.2, 0.25) is 0 Å². The van der Waals surface area contributed by atoms with Gasteiger partial charge in [-0.15, -0.1) is 0 Å². The first-order valence-corrected chi connectivity index (χ1v) is 8.65. The number of phenolic OH excluding ortho intramolecular Hbond substituents is 1. The van der Waals surface area contributed by atoms with Crippen molar-refractivity contribution >= 4 is 0 Å². The monoisotopic (exact) mass is 325 g/mol. The van der Waals surface area contributed by atoms with Crippen molar-refractivity contribution in [3.8, 4) is 11.5 Å². The quantitative estimate of drug-likeness (QED) is 0.891. The lowest BCUT2D eigenvalue weighted by Gasteiger charge is -2.41. The molecule has 4 rings (SSSR count). The Morgan fingerprint density at radius 3 is 2.50 bits per heavy atom. The van der Waals surface area contributed by atoms with Crippen LogP contribution in [0.1, 0.15) is 36.0 Å². The van der Waals surface area contributed by atoms with Gasteiger partial charge in [-0.3, -0.25) is 4.90 Å². The van der Waals surface area contributed by atoms with Gasteiger partial charge in [0.1, 0.15) is 24.2 Å². The zero-order valence-electron chi connectivity index (χ0n) is 13.6. The van der Waals surface area contributed by atoms with Crippen molar-refractivity contribution in [1.29, 1.82) is 0 Å². The maximum atomic E-state index is 10.7. The predicted molar refractivity (Wildman–Crippen MR) is 92.3 cm³/mol. The molecule has 1 fully saturated rings. The van der Waals surface area contributed by atoms with Crippen LogP contribution in [0.4, 0.5) is 0 Å². The van der Waals surface area contributed by atoms with Gasteiger partial charge < -0.3 is 14.9 Å². The number of aromatic hydroxyl groups is 1. The number of aliphatic hydroxyl groups excluding tert-OH is 1. The van der Waals surface area contributed by atoms with Crippen LogP contribution in [-0.2, 0) is 0 Å². The van der Waals surface area contributed by atoms with Crippen LogP contribution in [0, 0.1) is 0 Å². The summed E-state index contributed by atoms with van der Waals surface area (Å²) in [6.07, 6.45) is 1.65. The summed E-state index contributed by atoms with van der Waals surface area (Å²) in [7, 11) is 0. The summed E-state index contributed by atoms with van der Waals surface area (Å²) >= 11 is 0. The lowest BCUT2D eigenvalue weighted by molar-refractivity contribution is -0.00676. The Morgan fingerprint density at radius 1 is 1.00 bits per heavy atom. The zero-order chi connectivity index (χ0) is 16.5. The molecule has 0 amide bonds. The molecule has 4 nitrogen and oxygen atoms in total. The van der Waals surface area contributed by atoms with Gasteiger partial charge >= 0.3 is 0 Å². The molecule has 0 spiro atoms. The van der Waals surface area contributed by atoms with E-state index in [-0.39, 0.29) is 11.8 Å².